The zero-order valence-corrected chi connectivity index (χ0v) is 17.3. The third kappa shape index (κ3) is 4.39. The second-order valence-corrected chi connectivity index (χ2v) is 9.51. The molecule has 0 atom stereocenters. The number of benzene rings is 1. The third-order valence-electron chi connectivity index (χ3n) is 4.77. The lowest BCUT2D eigenvalue weighted by molar-refractivity contribution is 0.101. The number of ketones is 1. The van der Waals surface area contributed by atoms with E-state index in [-0.39, 0.29) is 17.2 Å². The van der Waals surface area contributed by atoms with Crippen LogP contribution in [0.25, 0.3) is 0 Å². The average Bonchev–Trinajstić information content (AvgIpc) is 3.10. The van der Waals surface area contributed by atoms with Gasteiger partial charge >= 0.3 is 0 Å². The summed E-state index contributed by atoms with van der Waals surface area (Å²) >= 11 is 1.63. The fraction of sp³-hybridized carbons (Fsp3) is 0.474. The first-order valence-electron chi connectivity index (χ1n) is 9.31. The summed E-state index contributed by atoms with van der Waals surface area (Å²) in [7, 11) is -3.50. The number of rotatable bonds is 8. The molecule has 27 heavy (non-hydrogen) atoms. The first-order chi connectivity index (χ1) is 13.0. The number of anilines is 1. The number of thiazole rings is 1. The standard InChI is InChI=1S/C19H25N3O3S2/c1-3-22(4-2)27(24,25)15-11-9-14(10-12-15)17(23)13-20-19-21-16-7-5-6-8-18(16)26-19/h9-12H,3-8,13H2,1-2H3,(H,20,21). The molecule has 6 nitrogen and oxygen atoms in total. The summed E-state index contributed by atoms with van der Waals surface area (Å²) in [4.78, 5) is 18.5. The average molecular weight is 408 g/mol. The Morgan fingerprint density at radius 2 is 1.81 bits per heavy atom. The molecule has 1 N–H and O–H groups in total. The van der Waals surface area contributed by atoms with Crippen molar-refractivity contribution in [3.63, 3.8) is 0 Å². The van der Waals surface area contributed by atoms with Crippen molar-refractivity contribution in [2.45, 2.75) is 44.4 Å². The second-order valence-electron chi connectivity index (χ2n) is 6.49. The molecule has 0 amide bonds. The molecule has 0 saturated heterocycles. The van der Waals surface area contributed by atoms with Crippen molar-refractivity contribution >= 4 is 32.3 Å². The van der Waals surface area contributed by atoms with Gasteiger partial charge in [-0.2, -0.15) is 4.31 Å². The topological polar surface area (TPSA) is 79.4 Å². The van der Waals surface area contributed by atoms with Crippen molar-refractivity contribution in [3.05, 3.63) is 40.4 Å². The molecule has 2 aromatic rings. The fourth-order valence-electron chi connectivity index (χ4n) is 3.21. The molecule has 0 bridgehead atoms. The summed E-state index contributed by atoms with van der Waals surface area (Å²) in [5, 5.41) is 3.90. The van der Waals surface area contributed by atoms with Crippen LogP contribution in [0, 0.1) is 0 Å². The van der Waals surface area contributed by atoms with E-state index in [4.69, 9.17) is 0 Å². The molecule has 0 fully saturated rings. The molecule has 0 aliphatic heterocycles. The first kappa shape index (κ1) is 20.0. The Morgan fingerprint density at radius 1 is 1.15 bits per heavy atom. The highest BCUT2D eigenvalue weighted by atomic mass is 32.2. The highest BCUT2D eigenvalue weighted by molar-refractivity contribution is 7.89. The van der Waals surface area contributed by atoms with E-state index in [1.54, 1.807) is 37.3 Å². The molecule has 8 heteroatoms. The predicted molar refractivity (Wildman–Crippen MR) is 108 cm³/mol. The zero-order chi connectivity index (χ0) is 19.4. The van der Waals surface area contributed by atoms with Gasteiger partial charge in [0.05, 0.1) is 17.1 Å². The lowest BCUT2D eigenvalue weighted by Crippen LogP contribution is -2.30. The van der Waals surface area contributed by atoms with Crippen LogP contribution in [0.3, 0.4) is 0 Å². The molecular formula is C19H25N3O3S2. The zero-order valence-electron chi connectivity index (χ0n) is 15.7. The maximum Gasteiger partial charge on any atom is 0.243 e. The number of nitrogens with zero attached hydrogens (tertiary/aromatic N) is 2. The number of carbonyl (C=O) groups is 1. The highest BCUT2D eigenvalue weighted by Crippen LogP contribution is 2.29. The quantitative estimate of drug-likeness (QED) is 0.679. The van der Waals surface area contributed by atoms with E-state index >= 15 is 0 Å². The van der Waals surface area contributed by atoms with Crippen molar-refractivity contribution in [1.82, 2.24) is 9.29 Å². The van der Waals surface area contributed by atoms with Gasteiger partial charge in [0.25, 0.3) is 0 Å². The van der Waals surface area contributed by atoms with E-state index in [1.807, 2.05) is 0 Å². The van der Waals surface area contributed by atoms with Gasteiger partial charge in [-0.05, 0) is 49.9 Å². The number of fused-ring (bicyclic) bond motifs is 1. The van der Waals surface area contributed by atoms with Crippen molar-refractivity contribution in [2.75, 3.05) is 25.0 Å². The van der Waals surface area contributed by atoms with Crippen molar-refractivity contribution in [2.24, 2.45) is 0 Å². The SMILES string of the molecule is CCN(CC)S(=O)(=O)c1ccc(C(=O)CNc2nc3c(s2)CCCC3)cc1. The van der Waals surface area contributed by atoms with Crippen molar-refractivity contribution in [3.8, 4) is 0 Å². The van der Waals surface area contributed by atoms with Crippen molar-refractivity contribution < 1.29 is 13.2 Å². The van der Waals surface area contributed by atoms with Gasteiger partial charge in [-0.15, -0.1) is 11.3 Å². The van der Waals surface area contributed by atoms with Crippen LogP contribution in [-0.4, -0.2) is 43.1 Å². The van der Waals surface area contributed by atoms with Crippen LogP contribution in [-0.2, 0) is 22.9 Å². The Labute approximate surface area is 164 Å². The van der Waals surface area contributed by atoms with Crippen molar-refractivity contribution in [1.29, 1.82) is 0 Å². The number of aromatic nitrogens is 1. The van der Waals surface area contributed by atoms with Gasteiger partial charge < -0.3 is 5.32 Å². The number of hydrogen-bond donors (Lipinski definition) is 1. The van der Waals surface area contributed by atoms with E-state index in [2.05, 4.69) is 10.3 Å². The van der Waals surface area contributed by atoms with Gasteiger partial charge in [-0.25, -0.2) is 13.4 Å². The van der Waals surface area contributed by atoms with Crippen LogP contribution in [0.5, 0.6) is 0 Å². The summed E-state index contributed by atoms with van der Waals surface area (Å²) < 4.78 is 26.4. The molecule has 0 radical (unpaired) electrons. The second kappa shape index (κ2) is 8.50. The third-order valence-corrected chi connectivity index (χ3v) is 7.94. The normalized spacial score (nSPS) is 14.2. The van der Waals surface area contributed by atoms with E-state index < -0.39 is 10.0 Å². The smallest absolute Gasteiger partial charge is 0.243 e. The lowest BCUT2D eigenvalue weighted by Gasteiger charge is -2.18. The number of sulfonamides is 1. The summed E-state index contributed by atoms with van der Waals surface area (Å²) in [6, 6.07) is 6.16. The molecule has 1 aliphatic rings. The minimum Gasteiger partial charge on any atom is -0.354 e. The summed E-state index contributed by atoms with van der Waals surface area (Å²) in [5.41, 5.74) is 1.65. The predicted octanol–water partition coefficient (Wildman–Crippen LogP) is 3.35. The monoisotopic (exact) mass is 407 g/mol. The largest absolute Gasteiger partial charge is 0.354 e. The van der Waals surface area contributed by atoms with Crippen LogP contribution < -0.4 is 5.32 Å². The van der Waals surface area contributed by atoms with Gasteiger partial charge in [-0.1, -0.05) is 13.8 Å². The van der Waals surface area contributed by atoms with Gasteiger partial charge in [0, 0.05) is 23.5 Å². The Morgan fingerprint density at radius 3 is 2.44 bits per heavy atom. The summed E-state index contributed by atoms with van der Waals surface area (Å²) in [6.45, 7) is 4.60. The minimum absolute atomic E-state index is 0.0880. The Kier molecular flexibility index (Phi) is 6.29. The molecule has 3 rings (SSSR count). The van der Waals surface area contributed by atoms with Crippen LogP contribution in [0.4, 0.5) is 5.13 Å². The molecule has 146 valence electrons. The van der Waals surface area contributed by atoms with E-state index in [0.29, 0.717) is 18.7 Å². The molecule has 1 aromatic heterocycles. The molecule has 1 heterocycles. The highest BCUT2D eigenvalue weighted by Gasteiger charge is 2.22. The summed E-state index contributed by atoms with van der Waals surface area (Å²) in [5.74, 6) is -0.0880. The van der Waals surface area contributed by atoms with Gasteiger partial charge in [0.15, 0.2) is 10.9 Å². The Hall–Kier alpha value is -1.77. The number of aryl methyl sites for hydroxylation is 2. The number of hydrogen-bond acceptors (Lipinski definition) is 6. The minimum atomic E-state index is -3.50. The van der Waals surface area contributed by atoms with Gasteiger partial charge in [0.2, 0.25) is 10.0 Å². The fourth-order valence-corrected chi connectivity index (χ4v) is 5.71. The Bertz CT molecular complexity index is 877. The molecule has 0 saturated carbocycles. The van der Waals surface area contributed by atoms with Crippen LogP contribution in [0.1, 0.15) is 47.6 Å². The van der Waals surface area contributed by atoms with E-state index in [9.17, 15) is 13.2 Å². The molecule has 0 spiro atoms. The maximum absolute atomic E-state index is 12.5. The molecule has 0 unspecified atom stereocenters. The van der Waals surface area contributed by atoms with Gasteiger partial charge in [0.1, 0.15) is 0 Å². The molecule has 1 aromatic carbocycles. The van der Waals surface area contributed by atoms with Gasteiger partial charge in [-0.3, -0.25) is 4.79 Å². The first-order valence-corrected chi connectivity index (χ1v) is 11.6. The maximum atomic E-state index is 12.5. The van der Waals surface area contributed by atoms with Crippen LogP contribution in [0.15, 0.2) is 29.2 Å². The van der Waals surface area contributed by atoms with Crippen LogP contribution in [0.2, 0.25) is 0 Å². The lowest BCUT2D eigenvalue weighted by atomic mass is 10.0. The van der Waals surface area contributed by atoms with E-state index in [0.717, 1.165) is 23.7 Å². The molecule has 1 aliphatic carbocycles. The van der Waals surface area contributed by atoms with E-state index in [1.165, 1.54) is 34.2 Å². The number of Topliss-reactive ketones (excluding diaryl/α,β-unsaturated/α-hetero) is 1. The van der Waals surface area contributed by atoms with Crippen LogP contribution >= 0.6 is 11.3 Å². The Balaban J connectivity index is 1.64. The number of carbonyl (C=O) groups excluding carboxylic acids is 1. The summed E-state index contributed by atoms with van der Waals surface area (Å²) in [6.07, 6.45) is 4.48. The molecular weight excluding hydrogens is 382 g/mol. The number of nitrogens with one attached hydrogen (secondary N) is 1.